The molecule has 1 heterocycles. The van der Waals surface area contributed by atoms with Gasteiger partial charge in [-0.2, -0.15) is 0 Å². The quantitative estimate of drug-likeness (QED) is 0.670. The fourth-order valence-corrected chi connectivity index (χ4v) is 0.914. The Balaban J connectivity index is 2.65. The molecule has 0 saturated heterocycles. The van der Waals surface area contributed by atoms with E-state index in [0.29, 0.717) is 12.3 Å². The summed E-state index contributed by atoms with van der Waals surface area (Å²) >= 11 is 0. The van der Waals surface area contributed by atoms with Crippen molar-refractivity contribution >= 4 is 5.69 Å². The summed E-state index contributed by atoms with van der Waals surface area (Å²) in [5, 5.41) is 0. The van der Waals surface area contributed by atoms with Crippen molar-refractivity contribution in [2.75, 3.05) is 0 Å². The Labute approximate surface area is 84.6 Å². The Morgan fingerprint density at radius 2 is 2.14 bits per heavy atom. The molecule has 0 bridgehead atoms. The highest BCUT2D eigenvalue weighted by molar-refractivity contribution is 5.43. The lowest BCUT2D eigenvalue weighted by Gasteiger charge is -2.19. The summed E-state index contributed by atoms with van der Waals surface area (Å²) in [4.78, 5) is 7.27. The molecule has 1 aromatic rings. The van der Waals surface area contributed by atoms with Gasteiger partial charge < -0.3 is 4.74 Å². The van der Waals surface area contributed by atoms with E-state index in [9.17, 15) is 0 Å². The van der Waals surface area contributed by atoms with E-state index in [1.54, 1.807) is 18.5 Å². The van der Waals surface area contributed by atoms with Gasteiger partial charge in [0.25, 0.3) is 0 Å². The number of rotatable bonds is 2. The van der Waals surface area contributed by atoms with Gasteiger partial charge >= 0.3 is 0 Å². The van der Waals surface area contributed by atoms with E-state index in [1.165, 1.54) is 0 Å². The van der Waals surface area contributed by atoms with Gasteiger partial charge in [0, 0.05) is 12.4 Å². The molecule has 0 radical (unpaired) electrons. The molecule has 0 aliphatic rings. The summed E-state index contributed by atoms with van der Waals surface area (Å²) in [7, 11) is 0. The summed E-state index contributed by atoms with van der Waals surface area (Å²) in [5.41, 5.74) is 1.34. The Bertz CT molecular complexity index is 347. The van der Waals surface area contributed by atoms with Crippen LogP contribution in [0.25, 0.3) is 4.85 Å². The maximum Gasteiger partial charge on any atom is 0.205 e. The normalized spacial score (nSPS) is 11.0. The van der Waals surface area contributed by atoms with Crippen LogP contribution in [-0.4, -0.2) is 10.6 Å². The van der Waals surface area contributed by atoms with Crippen LogP contribution in [0.3, 0.4) is 0 Å². The molecule has 0 atom stereocenters. The van der Waals surface area contributed by atoms with E-state index in [2.05, 4.69) is 9.83 Å². The van der Waals surface area contributed by atoms with Gasteiger partial charge in [0.15, 0.2) is 0 Å². The van der Waals surface area contributed by atoms with Crippen molar-refractivity contribution in [3.8, 4) is 0 Å². The molecule has 0 aromatic carbocycles. The van der Waals surface area contributed by atoms with Crippen molar-refractivity contribution in [3.63, 3.8) is 0 Å². The van der Waals surface area contributed by atoms with Crippen LogP contribution in [0.1, 0.15) is 26.3 Å². The second-order valence-corrected chi connectivity index (χ2v) is 4.06. The smallest absolute Gasteiger partial charge is 0.205 e. The van der Waals surface area contributed by atoms with Gasteiger partial charge in [0.2, 0.25) is 5.69 Å². The Kier molecular flexibility index (Phi) is 3.21. The summed E-state index contributed by atoms with van der Waals surface area (Å²) in [6.45, 7) is 13.3. The molecule has 0 aliphatic heterocycles. The number of ether oxygens (including phenoxy) is 1. The molecule has 74 valence electrons. The zero-order valence-corrected chi connectivity index (χ0v) is 8.74. The van der Waals surface area contributed by atoms with Crippen LogP contribution < -0.4 is 0 Å². The third-order valence-electron chi connectivity index (χ3n) is 1.58. The van der Waals surface area contributed by atoms with E-state index in [1.807, 2.05) is 20.8 Å². The van der Waals surface area contributed by atoms with E-state index >= 15 is 0 Å². The molecule has 14 heavy (non-hydrogen) atoms. The number of nitrogens with zero attached hydrogens (tertiary/aromatic N) is 2. The van der Waals surface area contributed by atoms with Crippen LogP contribution in [-0.2, 0) is 11.3 Å². The standard InChI is InChI=1S/C11H14N2O/c1-11(2,3)14-8-9-5-10(12-4)7-13-6-9/h5-7H,8H2,1-3H3. The molecule has 3 nitrogen and oxygen atoms in total. The van der Waals surface area contributed by atoms with Gasteiger partial charge in [0.1, 0.15) is 0 Å². The number of aromatic nitrogens is 1. The maximum absolute atomic E-state index is 6.84. The SMILES string of the molecule is [C-]#[N+]c1cncc(COC(C)(C)C)c1. The Morgan fingerprint density at radius 3 is 2.71 bits per heavy atom. The second kappa shape index (κ2) is 4.21. The predicted octanol–water partition coefficient (Wildman–Crippen LogP) is 2.95. The maximum atomic E-state index is 6.84. The second-order valence-electron chi connectivity index (χ2n) is 4.06. The third kappa shape index (κ3) is 3.55. The van der Waals surface area contributed by atoms with Gasteiger partial charge in [-0.1, -0.05) is 0 Å². The molecule has 0 saturated carbocycles. The average molecular weight is 190 g/mol. The van der Waals surface area contributed by atoms with Crippen LogP contribution in [0.15, 0.2) is 18.5 Å². The van der Waals surface area contributed by atoms with Crippen LogP contribution in [0.2, 0.25) is 0 Å². The van der Waals surface area contributed by atoms with Crippen LogP contribution in [0.5, 0.6) is 0 Å². The fraction of sp³-hybridized carbons (Fsp3) is 0.455. The first kappa shape index (κ1) is 10.7. The van der Waals surface area contributed by atoms with Crippen LogP contribution in [0.4, 0.5) is 5.69 Å². The highest BCUT2D eigenvalue weighted by Crippen LogP contribution is 2.15. The third-order valence-corrected chi connectivity index (χ3v) is 1.58. The zero-order chi connectivity index (χ0) is 10.6. The first-order chi connectivity index (χ1) is 6.51. The number of pyridine rings is 1. The minimum atomic E-state index is -0.159. The molecule has 0 amide bonds. The van der Waals surface area contributed by atoms with E-state index in [-0.39, 0.29) is 5.60 Å². The van der Waals surface area contributed by atoms with Gasteiger partial charge in [-0.3, -0.25) is 4.98 Å². The average Bonchev–Trinajstić information content (AvgIpc) is 2.14. The molecule has 3 heteroatoms. The van der Waals surface area contributed by atoms with Crippen LogP contribution in [0, 0.1) is 6.57 Å². The minimum absolute atomic E-state index is 0.159. The van der Waals surface area contributed by atoms with Gasteiger partial charge in [-0.25, -0.2) is 4.85 Å². The van der Waals surface area contributed by atoms with Gasteiger partial charge in [-0.15, -0.1) is 0 Å². The molecule has 0 fully saturated rings. The summed E-state index contributed by atoms with van der Waals surface area (Å²) in [6.07, 6.45) is 3.27. The lowest BCUT2D eigenvalue weighted by atomic mass is 10.2. The van der Waals surface area contributed by atoms with Crippen molar-refractivity contribution in [2.24, 2.45) is 0 Å². The molecule has 0 spiro atoms. The predicted molar refractivity (Wildman–Crippen MR) is 55.0 cm³/mol. The molecule has 0 N–H and O–H groups in total. The van der Waals surface area contributed by atoms with Crippen molar-refractivity contribution in [1.29, 1.82) is 0 Å². The van der Waals surface area contributed by atoms with Crippen molar-refractivity contribution < 1.29 is 4.74 Å². The topological polar surface area (TPSA) is 26.5 Å². The lowest BCUT2D eigenvalue weighted by molar-refractivity contribution is -0.0150. The van der Waals surface area contributed by atoms with Crippen molar-refractivity contribution in [2.45, 2.75) is 33.0 Å². The number of hydrogen-bond acceptors (Lipinski definition) is 2. The van der Waals surface area contributed by atoms with Gasteiger partial charge in [-0.05, 0) is 32.4 Å². The highest BCUT2D eigenvalue weighted by atomic mass is 16.5. The molecular weight excluding hydrogens is 176 g/mol. The van der Waals surface area contributed by atoms with E-state index in [4.69, 9.17) is 11.3 Å². The first-order valence-corrected chi connectivity index (χ1v) is 4.46. The molecule has 1 rings (SSSR count). The lowest BCUT2D eigenvalue weighted by Crippen LogP contribution is -2.18. The van der Waals surface area contributed by atoms with Crippen LogP contribution >= 0.6 is 0 Å². The minimum Gasteiger partial charge on any atom is -0.371 e. The largest absolute Gasteiger partial charge is 0.371 e. The molecular formula is C11H14N2O. The fourth-order valence-electron chi connectivity index (χ4n) is 0.914. The first-order valence-electron chi connectivity index (χ1n) is 4.46. The van der Waals surface area contributed by atoms with Gasteiger partial charge in [0.05, 0.1) is 18.8 Å². The van der Waals surface area contributed by atoms with Crippen molar-refractivity contribution in [1.82, 2.24) is 4.98 Å². The Morgan fingerprint density at radius 1 is 1.43 bits per heavy atom. The number of hydrogen-bond donors (Lipinski definition) is 0. The summed E-state index contributed by atoms with van der Waals surface area (Å²) in [6, 6.07) is 1.80. The molecule has 1 aromatic heterocycles. The Hall–Kier alpha value is -1.40. The zero-order valence-electron chi connectivity index (χ0n) is 8.74. The summed E-state index contributed by atoms with van der Waals surface area (Å²) in [5.74, 6) is 0. The molecule has 0 unspecified atom stereocenters. The summed E-state index contributed by atoms with van der Waals surface area (Å²) < 4.78 is 5.57. The van der Waals surface area contributed by atoms with E-state index < -0.39 is 0 Å². The highest BCUT2D eigenvalue weighted by Gasteiger charge is 2.10. The van der Waals surface area contributed by atoms with E-state index in [0.717, 1.165) is 5.56 Å². The monoisotopic (exact) mass is 190 g/mol. The van der Waals surface area contributed by atoms with Crippen molar-refractivity contribution in [3.05, 3.63) is 35.4 Å². The molecule has 0 aliphatic carbocycles.